The van der Waals surface area contributed by atoms with E-state index in [4.69, 9.17) is 21.4 Å². The predicted molar refractivity (Wildman–Crippen MR) is 87.0 cm³/mol. The van der Waals surface area contributed by atoms with E-state index in [0.29, 0.717) is 29.2 Å². The lowest BCUT2D eigenvalue weighted by molar-refractivity contribution is -0.139. The van der Waals surface area contributed by atoms with Crippen molar-refractivity contribution in [1.29, 1.82) is 0 Å². The van der Waals surface area contributed by atoms with Gasteiger partial charge in [0.15, 0.2) is 0 Å². The van der Waals surface area contributed by atoms with E-state index in [1.165, 1.54) is 7.11 Å². The number of carboxylic acid groups (broad SMARTS) is 1. The molecule has 0 atom stereocenters. The molecule has 1 aliphatic rings. The highest BCUT2D eigenvalue weighted by Crippen LogP contribution is 2.36. The van der Waals surface area contributed by atoms with Crippen LogP contribution < -0.4 is 10.1 Å². The predicted octanol–water partition coefficient (Wildman–Crippen LogP) is 3.08. The Morgan fingerprint density at radius 1 is 1.48 bits per heavy atom. The van der Waals surface area contributed by atoms with Gasteiger partial charge in [-0.05, 0) is 54.0 Å². The first-order valence-corrected chi connectivity index (χ1v) is 7.90. The highest BCUT2D eigenvalue weighted by molar-refractivity contribution is 14.1. The molecule has 0 saturated heterocycles. The van der Waals surface area contributed by atoms with Crippen LogP contribution in [0.3, 0.4) is 0 Å². The number of nitrogens with one attached hydrogen (secondary N) is 1. The Morgan fingerprint density at radius 3 is 2.62 bits per heavy atom. The maximum atomic E-state index is 12.4. The maximum Gasteiger partial charge on any atom is 0.305 e. The number of aliphatic carboxylic acids is 1. The Bertz CT molecular complexity index is 587. The zero-order valence-electron chi connectivity index (χ0n) is 11.4. The average molecular weight is 424 g/mol. The van der Waals surface area contributed by atoms with Crippen LogP contribution >= 0.6 is 34.2 Å². The molecule has 2 rings (SSSR count). The van der Waals surface area contributed by atoms with E-state index in [9.17, 15) is 9.59 Å². The fourth-order valence-corrected chi connectivity index (χ4v) is 3.02. The molecule has 1 aliphatic carbocycles. The number of benzene rings is 1. The molecule has 114 valence electrons. The Balaban J connectivity index is 2.24. The molecule has 21 heavy (non-hydrogen) atoms. The molecule has 0 heterocycles. The summed E-state index contributed by atoms with van der Waals surface area (Å²) in [4.78, 5) is 23.4. The Labute approximate surface area is 141 Å². The van der Waals surface area contributed by atoms with Gasteiger partial charge in [-0.3, -0.25) is 9.59 Å². The second-order valence-corrected chi connectivity index (χ2v) is 6.69. The van der Waals surface area contributed by atoms with Crippen LogP contribution in [0.1, 0.15) is 36.0 Å². The number of amides is 1. The first kappa shape index (κ1) is 16.4. The molecule has 7 heteroatoms. The number of hydrogen-bond acceptors (Lipinski definition) is 3. The molecular weight excluding hydrogens is 409 g/mol. The summed E-state index contributed by atoms with van der Waals surface area (Å²) in [6, 6.07) is 3.23. The van der Waals surface area contributed by atoms with Gasteiger partial charge in [-0.25, -0.2) is 0 Å². The largest absolute Gasteiger partial charge is 0.496 e. The van der Waals surface area contributed by atoms with Gasteiger partial charge in [0.25, 0.3) is 5.91 Å². The summed E-state index contributed by atoms with van der Waals surface area (Å²) in [6.45, 7) is 0. The van der Waals surface area contributed by atoms with Gasteiger partial charge in [-0.15, -0.1) is 0 Å². The Kier molecular flexibility index (Phi) is 4.98. The maximum absolute atomic E-state index is 12.4. The van der Waals surface area contributed by atoms with Gasteiger partial charge < -0.3 is 15.2 Å². The highest BCUT2D eigenvalue weighted by Gasteiger charge is 2.40. The van der Waals surface area contributed by atoms with Crippen LogP contribution in [0, 0.1) is 3.57 Å². The third-order valence-electron chi connectivity index (χ3n) is 3.67. The third kappa shape index (κ3) is 3.60. The lowest BCUT2D eigenvalue weighted by Gasteiger charge is -2.41. The van der Waals surface area contributed by atoms with E-state index in [-0.39, 0.29) is 12.3 Å². The molecule has 0 radical (unpaired) electrons. The van der Waals surface area contributed by atoms with Crippen LogP contribution in [0.2, 0.25) is 5.02 Å². The minimum atomic E-state index is -0.914. The van der Waals surface area contributed by atoms with E-state index in [1.807, 2.05) is 0 Å². The van der Waals surface area contributed by atoms with E-state index < -0.39 is 11.5 Å². The molecule has 1 saturated carbocycles. The lowest BCUT2D eigenvalue weighted by Crippen LogP contribution is -2.54. The van der Waals surface area contributed by atoms with Crippen molar-refractivity contribution in [3.63, 3.8) is 0 Å². The van der Waals surface area contributed by atoms with Gasteiger partial charge in [-0.2, -0.15) is 0 Å². The quantitative estimate of drug-likeness (QED) is 0.714. The van der Waals surface area contributed by atoms with Gasteiger partial charge in [0.2, 0.25) is 0 Å². The number of halogens is 2. The van der Waals surface area contributed by atoms with Crippen LogP contribution in [0.5, 0.6) is 5.75 Å². The monoisotopic (exact) mass is 423 g/mol. The summed E-state index contributed by atoms with van der Waals surface area (Å²) in [5.74, 6) is -0.847. The zero-order chi connectivity index (χ0) is 15.6. The summed E-state index contributed by atoms with van der Waals surface area (Å²) < 4.78 is 5.99. The SMILES string of the molecule is COc1cc(I)c(Cl)cc1C(=O)NC1(CC(=O)O)CCC1. The van der Waals surface area contributed by atoms with Crippen molar-refractivity contribution in [1.82, 2.24) is 5.32 Å². The highest BCUT2D eigenvalue weighted by atomic mass is 127. The van der Waals surface area contributed by atoms with Crippen LogP contribution in [-0.2, 0) is 4.79 Å². The summed E-state index contributed by atoms with van der Waals surface area (Å²) in [6.07, 6.45) is 2.19. The summed E-state index contributed by atoms with van der Waals surface area (Å²) in [7, 11) is 1.48. The number of carbonyl (C=O) groups is 2. The first-order valence-electron chi connectivity index (χ1n) is 6.44. The second kappa shape index (κ2) is 6.39. The molecule has 0 unspecified atom stereocenters. The van der Waals surface area contributed by atoms with Gasteiger partial charge >= 0.3 is 5.97 Å². The smallest absolute Gasteiger partial charge is 0.305 e. The molecule has 2 N–H and O–H groups in total. The summed E-state index contributed by atoms with van der Waals surface area (Å²) in [5, 5.41) is 12.3. The van der Waals surface area contributed by atoms with E-state index >= 15 is 0 Å². The van der Waals surface area contributed by atoms with Crippen LogP contribution in [-0.4, -0.2) is 29.6 Å². The number of methoxy groups -OCH3 is 1. The molecule has 0 bridgehead atoms. The van der Waals surface area contributed by atoms with Crippen molar-refractivity contribution in [2.45, 2.75) is 31.2 Å². The fourth-order valence-electron chi connectivity index (χ4n) is 2.42. The molecule has 0 aromatic heterocycles. The number of carbonyl (C=O) groups excluding carboxylic acids is 1. The van der Waals surface area contributed by atoms with Gasteiger partial charge in [0.05, 0.1) is 29.7 Å². The standard InChI is InChI=1S/C14H15ClINO4/c1-21-11-6-10(16)9(15)5-8(11)13(20)17-14(3-2-4-14)7-12(18)19/h5-6H,2-4,7H2,1H3,(H,17,20)(H,18,19). The molecule has 1 amide bonds. The number of carboxylic acids is 1. The van der Waals surface area contributed by atoms with Crippen molar-refractivity contribution < 1.29 is 19.4 Å². The van der Waals surface area contributed by atoms with Crippen molar-refractivity contribution in [2.75, 3.05) is 7.11 Å². The molecular formula is C14H15ClINO4. The fraction of sp³-hybridized carbons (Fsp3) is 0.429. The molecule has 0 spiro atoms. The van der Waals surface area contributed by atoms with Crippen LogP contribution in [0.25, 0.3) is 0 Å². The van der Waals surface area contributed by atoms with Gasteiger partial charge in [0, 0.05) is 3.57 Å². The molecule has 1 aromatic carbocycles. The second-order valence-electron chi connectivity index (χ2n) is 5.13. The number of ether oxygens (including phenoxy) is 1. The molecule has 1 fully saturated rings. The summed E-state index contributed by atoms with van der Waals surface area (Å²) >= 11 is 8.11. The zero-order valence-corrected chi connectivity index (χ0v) is 14.3. The Morgan fingerprint density at radius 2 is 2.14 bits per heavy atom. The van der Waals surface area contributed by atoms with E-state index in [1.54, 1.807) is 12.1 Å². The Hall–Kier alpha value is -1.02. The van der Waals surface area contributed by atoms with E-state index in [0.717, 1.165) is 9.99 Å². The molecule has 5 nitrogen and oxygen atoms in total. The van der Waals surface area contributed by atoms with Crippen molar-refractivity contribution in [2.24, 2.45) is 0 Å². The minimum Gasteiger partial charge on any atom is -0.496 e. The molecule has 1 aromatic rings. The minimum absolute atomic E-state index is 0.0703. The van der Waals surface area contributed by atoms with Crippen molar-refractivity contribution >= 4 is 46.1 Å². The summed E-state index contributed by atoms with van der Waals surface area (Å²) in [5.41, 5.74) is -0.330. The van der Waals surface area contributed by atoms with Crippen molar-refractivity contribution in [3.8, 4) is 5.75 Å². The van der Waals surface area contributed by atoms with E-state index in [2.05, 4.69) is 27.9 Å². The topological polar surface area (TPSA) is 75.6 Å². The number of rotatable bonds is 5. The van der Waals surface area contributed by atoms with Gasteiger partial charge in [-0.1, -0.05) is 11.6 Å². The average Bonchev–Trinajstić information content (AvgIpc) is 2.38. The third-order valence-corrected chi connectivity index (χ3v) is 5.19. The van der Waals surface area contributed by atoms with Crippen LogP contribution in [0.15, 0.2) is 12.1 Å². The van der Waals surface area contributed by atoms with Crippen LogP contribution in [0.4, 0.5) is 0 Å². The first-order chi connectivity index (χ1) is 9.87. The van der Waals surface area contributed by atoms with Crippen molar-refractivity contribution in [3.05, 3.63) is 26.3 Å². The number of hydrogen-bond donors (Lipinski definition) is 2. The van der Waals surface area contributed by atoms with Gasteiger partial charge in [0.1, 0.15) is 5.75 Å². The lowest BCUT2D eigenvalue weighted by atomic mass is 9.74. The normalized spacial score (nSPS) is 16.0. The molecule has 0 aliphatic heterocycles.